The number of fused-ring (bicyclic) bond motifs is 1. The molecule has 2 aromatic carbocycles. The zero-order valence-corrected chi connectivity index (χ0v) is 12.0. The quantitative estimate of drug-likeness (QED) is 0.630. The summed E-state index contributed by atoms with van der Waals surface area (Å²) in [6.45, 7) is 3.02. The van der Waals surface area contributed by atoms with Crippen molar-refractivity contribution in [2.45, 2.75) is 32.4 Å². The van der Waals surface area contributed by atoms with Crippen molar-refractivity contribution in [2.75, 3.05) is 4.90 Å². The molecular formula is C17H18N2O2. The molecule has 0 spiro atoms. The Labute approximate surface area is 124 Å². The van der Waals surface area contributed by atoms with Gasteiger partial charge in [-0.1, -0.05) is 37.3 Å². The Morgan fingerprint density at radius 1 is 1.24 bits per heavy atom. The molecule has 0 N–H and O–H groups in total. The van der Waals surface area contributed by atoms with Crippen molar-refractivity contribution in [3.05, 3.63) is 69.8 Å². The Balaban J connectivity index is 1.92. The first kappa shape index (κ1) is 13.6. The van der Waals surface area contributed by atoms with Crippen LogP contribution in [-0.4, -0.2) is 11.0 Å². The van der Waals surface area contributed by atoms with Crippen LogP contribution in [0.1, 0.15) is 24.5 Å². The molecule has 3 rings (SSSR count). The van der Waals surface area contributed by atoms with E-state index in [1.54, 1.807) is 12.1 Å². The number of rotatable bonds is 4. The van der Waals surface area contributed by atoms with E-state index in [1.165, 1.54) is 5.56 Å². The molecule has 4 nitrogen and oxygen atoms in total. The van der Waals surface area contributed by atoms with Crippen molar-refractivity contribution < 1.29 is 4.92 Å². The molecule has 2 aromatic rings. The fourth-order valence-electron chi connectivity index (χ4n) is 3.05. The minimum Gasteiger partial charge on any atom is -0.364 e. The summed E-state index contributed by atoms with van der Waals surface area (Å²) in [5.74, 6) is 0. The van der Waals surface area contributed by atoms with Crippen LogP contribution < -0.4 is 4.90 Å². The van der Waals surface area contributed by atoms with Crippen molar-refractivity contribution in [3.63, 3.8) is 0 Å². The van der Waals surface area contributed by atoms with Gasteiger partial charge in [0.2, 0.25) is 0 Å². The zero-order valence-electron chi connectivity index (χ0n) is 12.0. The van der Waals surface area contributed by atoms with Crippen LogP contribution in [0.15, 0.2) is 48.5 Å². The van der Waals surface area contributed by atoms with Crippen LogP contribution in [-0.2, 0) is 13.0 Å². The van der Waals surface area contributed by atoms with Crippen LogP contribution in [0.5, 0.6) is 0 Å². The summed E-state index contributed by atoms with van der Waals surface area (Å²) in [5, 5.41) is 10.9. The topological polar surface area (TPSA) is 46.4 Å². The monoisotopic (exact) mass is 282 g/mol. The molecular weight excluding hydrogens is 264 g/mol. The van der Waals surface area contributed by atoms with Crippen molar-refractivity contribution in [2.24, 2.45) is 0 Å². The lowest BCUT2D eigenvalue weighted by Gasteiger charge is -2.27. The average molecular weight is 282 g/mol. The lowest BCUT2D eigenvalue weighted by molar-refractivity contribution is -0.384. The summed E-state index contributed by atoms with van der Waals surface area (Å²) in [5.41, 5.74) is 3.68. The molecule has 0 fully saturated rings. The SMILES string of the molecule is CC[C@H]1Cc2cc([N+](=O)[O-])ccc2N1Cc1ccccc1. The Kier molecular flexibility index (Phi) is 3.60. The van der Waals surface area contributed by atoms with Gasteiger partial charge < -0.3 is 4.90 Å². The third kappa shape index (κ3) is 2.61. The maximum atomic E-state index is 10.9. The van der Waals surface area contributed by atoms with E-state index in [-0.39, 0.29) is 10.6 Å². The molecule has 0 bridgehead atoms. The second kappa shape index (κ2) is 5.56. The van der Waals surface area contributed by atoms with Gasteiger partial charge in [0.1, 0.15) is 0 Å². The number of benzene rings is 2. The van der Waals surface area contributed by atoms with Crippen molar-refractivity contribution in [1.82, 2.24) is 0 Å². The fourth-order valence-corrected chi connectivity index (χ4v) is 3.05. The molecule has 0 saturated heterocycles. The minimum absolute atomic E-state index is 0.185. The molecule has 4 heteroatoms. The van der Waals surface area contributed by atoms with Crippen molar-refractivity contribution in [3.8, 4) is 0 Å². The lowest BCUT2D eigenvalue weighted by Crippen LogP contribution is -2.30. The average Bonchev–Trinajstić information content (AvgIpc) is 2.85. The highest BCUT2D eigenvalue weighted by molar-refractivity contribution is 5.63. The Bertz CT molecular complexity index is 655. The molecule has 1 heterocycles. The van der Waals surface area contributed by atoms with Gasteiger partial charge in [-0.3, -0.25) is 10.1 Å². The number of hydrogen-bond acceptors (Lipinski definition) is 3. The minimum atomic E-state index is -0.318. The first-order valence-electron chi connectivity index (χ1n) is 7.27. The van der Waals surface area contributed by atoms with Gasteiger partial charge >= 0.3 is 0 Å². The number of anilines is 1. The summed E-state index contributed by atoms with van der Waals surface area (Å²) in [6.07, 6.45) is 1.93. The number of hydrogen-bond donors (Lipinski definition) is 0. The summed E-state index contributed by atoms with van der Waals surface area (Å²) < 4.78 is 0. The lowest BCUT2D eigenvalue weighted by atomic mass is 10.1. The molecule has 1 aliphatic rings. The Morgan fingerprint density at radius 2 is 2.00 bits per heavy atom. The van der Waals surface area contributed by atoms with Crippen LogP contribution in [0.2, 0.25) is 0 Å². The van der Waals surface area contributed by atoms with Crippen LogP contribution in [0.3, 0.4) is 0 Å². The predicted molar refractivity (Wildman–Crippen MR) is 83.5 cm³/mol. The predicted octanol–water partition coefficient (Wildman–Crippen LogP) is 3.94. The molecule has 0 amide bonds. The highest BCUT2D eigenvalue weighted by Crippen LogP contribution is 2.36. The van der Waals surface area contributed by atoms with Crippen molar-refractivity contribution in [1.29, 1.82) is 0 Å². The van der Waals surface area contributed by atoms with Gasteiger partial charge in [0.25, 0.3) is 5.69 Å². The molecule has 0 aliphatic carbocycles. The van der Waals surface area contributed by atoms with E-state index in [9.17, 15) is 10.1 Å². The van der Waals surface area contributed by atoms with Gasteiger partial charge in [-0.15, -0.1) is 0 Å². The molecule has 1 atom stereocenters. The maximum absolute atomic E-state index is 10.9. The van der Waals surface area contributed by atoms with E-state index in [0.29, 0.717) is 6.04 Å². The molecule has 1 aliphatic heterocycles. The van der Waals surface area contributed by atoms with E-state index in [1.807, 2.05) is 24.3 Å². The second-order valence-corrected chi connectivity index (χ2v) is 5.45. The van der Waals surface area contributed by atoms with Gasteiger partial charge in [-0.05, 0) is 30.0 Å². The maximum Gasteiger partial charge on any atom is 0.269 e. The van der Waals surface area contributed by atoms with Gasteiger partial charge in [-0.2, -0.15) is 0 Å². The first-order valence-corrected chi connectivity index (χ1v) is 7.27. The van der Waals surface area contributed by atoms with Crippen LogP contribution in [0, 0.1) is 10.1 Å². The molecule has 108 valence electrons. The van der Waals surface area contributed by atoms with Gasteiger partial charge in [0.15, 0.2) is 0 Å². The first-order chi connectivity index (χ1) is 10.2. The normalized spacial score (nSPS) is 16.8. The smallest absolute Gasteiger partial charge is 0.269 e. The van der Waals surface area contributed by atoms with E-state index in [0.717, 1.165) is 30.6 Å². The van der Waals surface area contributed by atoms with E-state index in [4.69, 9.17) is 0 Å². The molecule has 21 heavy (non-hydrogen) atoms. The number of non-ortho nitro benzene ring substituents is 1. The zero-order chi connectivity index (χ0) is 14.8. The molecule has 0 unspecified atom stereocenters. The summed E-state index contributed by atoms with van der Waals surface area (Å²) >= 11 is 0. The standard InChI is InChI=1S/C17H18N2O2/c1-2-15-10-14-11-16(19(20)21)8-9-17(14)18(15)12-13-6-4-3-5-7-13/h3-9,11,15H,2,10,12H2,1H3/t15-/m0/s1. The van der Waals surface area contributed by atoms with E-state index in [2.05, 4.69) is 24.0 Å². The molecule has 0 aromatic heterocycles. The third-order valence-corrected chi connectivity index (χ3v) is 4.15. The largest absolute Gasteiger partial charge is 0.364 e. The summed E-state index contributed by atoms with van der Waals surface area (Å²) in [6, 6.07) is 16.0. The van der Waals surface area contributed by atoms with Crippen LogP contribution >= 0.6 is 0 Å². The van der Waals surface area contributed by atoms with Crippen molar-refractivity contribution >= 4 is 11.4 Å². The fraction of sp³-hybridized carbons (Fsp3) is 0.294. The van der Waals surface area contributed by atoms with E-state index < -0.39 is 0 Å². The van der Waals surface area contributed by atoms with Gasteiger partial charge in [0.05, 0.1) is 4.92 Å². The number of nitro groups is 1. The number of nitrogens with zero attached hydrogens (tertiary/aromatic N) is 2. The van der Waals surface area contributed by atoms with Crippen LogP contribution in [0.4, 0.5) is 11.4 Å². The van der Waals surface area contributed by atoms with E-state index >= 15 is 0 Å². The molecule has 0 radical (unpaired) electrons. The number of nitro benzene ring substituents is 1. The summed E-state index contributed by atoms with van der Waals surface area (Å²) in [4.78, 5) is 13.0. The highest BCUT2D eigenvalue weighted by atomic mass is 16.6. The van der Waals surface area contributed by atoms with Crippen LogP contribution in [0.25, 0.3) is 0 Å². The third-order valence-electron chi connectivity index (χ3n) is 4.15. The highest BCUT2D eigenvalue weighted by Gasteiger charge is 2.29. The Morgan fingerprint density at radius 3 is 2.67 bits per heavy atom. The second-order valence-electron chi connectivity index (χ2n) is 5.45. The molecule has 0 saturated carbocycles. The summed E-state index contributed by atoms with van der Waals surface area (Å²) in [7, 11) is 0. The Hall–Kier alpha value is -2.36. The van der Waals surface area contributed by atoms with Gasteiger partial charge in [0, 0.05) is 30.4 Å². The van der Waals surface area contributed by atoms with Gasteiger partial charge in [-0.25, -0.2) is 0 Å².